The van der Waals surface area contributed by atoms with Crippen molar-refractivity contribution in [3.8, 4) is 0 Å². The molecular formula is C14H29N5. The van der Waals surface area contributed by atoms with Gasteiger partial charge in [-0.25, -0.2) is 0 Å². The van der Waals surface area contributed by atoms with Gasteiger partial charge in [0.05, 0.1) is 5.69 Å². The highest BCUT2D eigenvalue weighted by atomic mass is 15.4. The van der Waals surface area contributed by atoms with Gasteiger partial charge in [0.2, 0.25) is 0 Å². The fraction of sp³-hybridized carbons (Fsp3) is 0.786. The molecule has 0 fully saturated rings. The normalized spacial score (nSPS) is 11.3. The Bertz CT molecular complexity index is 383. The first kappa shape index (κ1) is 16.0. The van der Waals surface area contributed by atoms with Gasteiger partial charge in [-0.2, -0.15) is 5.10 Å². The van der Waals surface area contributed by atoms with Crippen LogP contribution in [0.25, 0.3) is 0 Å². The fourth-order valence-electron chi connectivity index (χ4n) is 2.38. The van der Waals surface area contributed by atoms with E-state index in [1.807, 2.05) is 18.8 Å². The van der Waals surface area contributed by atoms with E-state index in [-0.39, 0.29) is 0 Å². The maximum atomic E-state index is 4.58. The van der Waals surface area contributed by atoms with Crippen molar-refractivity contribution in [3.63, 3.8) is 0 Å². The van der Waals surface area contributed by atoms with E-state index in [2.05, 4.69) is 48.2 Å². The molecule has 0 saturated heterocycles. The Kier molecular flexibility index (Phi) is 6.31. The number of aromatic nitrogens is 2. The van der Waals surface area contributed by atoms with Gasteiger partial charge in [-0.3, -0.25) is 4.68 Å². The largest absolute Gasteiger partial charge is 0.355 e. The molecule has 1 heterocycles. The summed E-state index contributed by atoms with van der Waals surface area (Å²) in [6, 6.07) is 0. The first-order valence-corrected chi connectivity index (χ1v) is 7.08. The van der Waals surface area contributed by atoms with Crippen molar-refractivity contribution >= 4 is 5.82 Å². The van der Waals surface area contributed by atoms with Crippen LogP contribution in [0.15, 0.2) is 0 Å². The van der Waals surface area contributed by atoms with E-state index in [1.54, 1.807) is 0 Å². The van der Waals surface area contributed by atoms with E-state index in [9.17, 15) is 0 Å². The van der Waals surface area contributed by atoms with Crippen LogP contribution in [0.4, 0.5) is 5.82 Å². The molecule has 0 amide bonds. The van der Waals surface area contributed by atoms with E-state index in [0.29, 0.717) is 0 Å². The van der Waals surface area contributed by atoms with Gasteiger partial charge in [0.25, 0.3) is 0 Å². The molecule has 0 unspecified atom stereocenters. The highest BCUT2D eigenvalue weighted by Gasteiger charge is 2.18. The number of rotatable bonds is 8. The lowest BCUT2D eigenvalue weighted by Gasteiger charge is -2.27. The summed E-state index contributed by atoms with van der Waals surface area (Å²) < 4.78 is 2.02. The Morgan fingerprint density at radius 2 is 1.89 bits per heavy atom. The zero-order chi connectivity index (χ0) is 14.4. The summed E-state index contributed by atoms with van der Waals surface area (Å²) in [5.41, 5.74) is 2.44. The zero-order valence-electron chi connectivity index (χ0n) is 13.3. The van der Waals surface area contributed by atoms with Crippen LogP contribution in [-0.2, 0) is 13.6 Å². The van der Waals surface area contributed by atoms with Crippen molar-refractivity contribution in [2.75, 3.05) is 45.7 Å². The maximum absolute atomic E-state index is 4.58. The predicted octanol–water partition coefficient (Wildman–Crippen LogP) is 1.23. The number of likely N-dealkylation sites (N-methyl/N-ethyl adjacent to an activating group) is 1. The van der Waals surface area contributed by atoms with Crippen LogP contribution in [0.2, 0.25) is 0 Å². The number of nitrogens with one attached hydrogen (secondary N) is 1. The maximum Gasteiger partial charge on any atom is 0.131 e. The highest BCUT2D eigenvalue weighted by Crippen LogP contribution is 2.23. The number of hydrogen-bond acceptors (Lipinski definition) is 4. The van der Waals surface area contributed by atoms with Gasteiger partial charge in [0, 0.05) is 38.8 Å². The fourth-order valence-corrected chi connectivity index (χ4v) is 2.38. The molecule has 1 N–H and O–H groups in total. The molecule has 0 atom stereocenters. The SMILES string of the molecule is CCCN(CCN(C)C)c1c(CNC)c(C)nn1C. The topological polar surface area (TPSA) is 36.3 Å². The third-order valence-electron chi connectivity index (χ3n) is 3.28. The van der Waals surface area contributed by atoms with E-state index in [0.717, 1.165) is 38.3 Å². The molecule has 110 valence electrons. The lowest BCUT2D eigenvalue weighted by molar-refractivity contribution is 0.411. The summed E-state index contributed by atoms with van der Waals surface area (Å²) in [4.78, 5) is 4.68. The molecule has 0 aliphatic heterocycles. The van der Waals surface area contributed by atoms with E-state index >= 15 is 0 Å². The molecule has 1 rings (SSSR count). The molecule has 5 heteroatoms. The van der Waals surface area contributed by atoms with Gasteiger partial charge >= 0.3 is 0 Å². The number of nitrogens with zero attached hydrogens (tertiary/aromatic N) is 4. The molecule has 0 bridgehead atoms. The van der Waals surface area contributed by atoms with Crippen molar-refractivity contribution in [2.45, 2.75) is 26.8 Å². The van der Waals surface area contributed by atoms with Crippen molar-refractivity contribution in [3.05, 3.63) is 11.3 Å². The summed E-state index contributed by atoms with van der Waals surface area (Å²) in [5.74, 6) is 1.26. The third kappa shape index (κ3) is 4.21. The van der Waals surface area contributed by atoms with Gasteiger partial charge in [-0.1, -0.05) is 6.92 Å². The van der Waals surface area contributed by atoms with Crippen LogP contribution < -0.4 is 10.2 Å². The second-order valence-corrected chi connectivity index (χ2v) is 5.33. The molecular weight excluding hydrogens is 238 g/mol. The number of aryl methyl sites for hydroxylation is 2. The molecule has 0 aliphatic rings. The van der Waals surface area contributed by atoms with Crippen molar-refractivity contribution in [2.24, 2.45) is 7.05 Å². The van der Waals surface area contributed by atoms with Gasteiger partial charge in [0.15, 0.2) is 0 Å². The first-order chi connectivity index (χ1) is 9.01. The van der Waals surface area contributed by atoms with Gasteiger partial charge in [-0.05, 0) is 34.5 Å². The Balaban J connectivity index is 2.99. The van der Waals surface area contributed by atoms with Crippen LogP contribution in [-0.4, -0.2) is 55.5 Å². The average Bonchev–Trinajstić information content (AvgIpc) is 2.60. The Hall–Kier alpha value is -1.07. The van der Waals surface area contributed by atoms with Crippen LogP contribution >= 0.6 is 0 Å². The van der Waals surface area contributed by atoms with E-state index in [4.69, 9.17) is 0 Å². The van der Waals surface area contributed by atoms with Crippen LogP contribution in [0.1, 0.15) is 24.6 Å². The molecule has 19 heavy (non-hydrogen) atoms. The zero-order valence-corrected chi connectivity index (χ0v) is 13.3. The Morgan fingerprint density at radius 3 is 2.42 bits per heavy atom. The summed E-state index contributed by atoms with van der Waals surface area (Å²) in [7, 11) is 8.26. The average molecular weight is 267 g/mol. The van der Waals surface area contributed by atoms with Gasteiger partial charge in [-0.15, -0.1) is 0 Å². The molecule has 0 saturated carbocycles. The van der Waals surface area contributed by atoms with Crippen molar-refractivity contribution in [1.29, 1.82) is 0 Å². The highest BCUT2D eigenvalue weighted by molar-refractivity contribution is 5.50. The van der Waals surface area contributed by atoms with Gasteiger partial charge in [0.1, 0.15) is 5.82 Å². The molecule has 0 spiro atoms. The minimum atomic E-state index is 0.872. The number of anilines is 1. The molecule has 0 aromatic carbocycles. The van der Waals surface area contributed by atoms with E-state index < -0.39 is 0 Å². The number of hydrogen-bond donors (Lipinski definition) is 1. The van der Waals surface area contributed by atoms with Crippen molar-refractivity contribution < 1.29 is 0 Å². The minimum absolute atomic E-state index is 0.872. The van der Waals surface area contributed by atoms with Crippen LogP contribution in [0, 0.1) is 6.92 Å². The third-order valence-corrected chi connectivity index (χ3v) is 3.28. The molecule has 1 aromatic rings. The Morgan fingerprint density at radius 1 is 1.21 bits per heavy atom. The minimum Gasteiger partial charge on any atom is -0.355 e. The molecule has 1 aromatic heterocycles. The quantitative estimate of drug-likeness (QED) is 0.768. The molecule has 0 aliphatic carbocycles. The second-order valence-electron chi connectivity index (χ2n) is 5.33. The molecule has 0 radical (unpaired) electrons. The molecule has 5 nitrogen and oxygen atoms in total. The summed E-state index contributed by atoms with van der Waals surface area (Å²) in [6.45, 7) is 8.36. The standard InChI is InChI=1S/C14H29N5/c1-7-8-19(10-9-17(4)5)14-13(11-15-3)12(2)16-18(14)6/h15H,7-11H2,1-6H3. The summed E-state index contributed by atoms with van der Waals surface area (Å²) >= 11 is 0. The lowest BCUT2D eigenvalue weighted by Crippen LogP contribution is -2.34. The first-order valence-electron chi connectivity index (χ1n) is 7.08. The van der Waals surface area contributed by atoms with Crippen LogP contribution in [0.5, 0.6) is 0 Å². The monoisotopic (exact) mass is 267 g/mol. The summed E-state index contributed by atoms with van der Waals surface area (Å²) in [5, 5.41) is 7.83. The lowest BCUT2D eigenvalue weighted by atomic mass is 10.2. The predicted molar refractivity (Wildman–Crippen MR) is 81.8 cm³/mol. The summed E-state index contributed by atoms with van der Waals surface area (Å²) in [6.07, 6.45) is 1.15. The van der Waals surface area contributed by atoms with Crippen molar-refractivity contribution in [1.82, 2.24) is 20.0 Å². The van der Waals surface area contributed by atoms with Gasteiger partial charge < -0.3 is 15.1 Å². The van der Waals surface area contributed by atoms with E-state index in [1.165, 1.54) is 11.4 Å². The Labute approximate surface area is 117 Å². The second kappa shape index (κ2) is 7.50. The van der Waals surface area contributed by atoms with Crippen LogP contribution in [0.3, 0.4) is 0 Å². The smallest absolute Gasteiger partial charge is 0.131 e.